The number of esters is 1. The first-order valence-corrected chi connectivity index (χ1v) is 6.53. The van der Waals surface area contributed by atoms with Crippen LogP contribution in [0.3, 0.4) is 0 Å². The summed E-state index contributed by atoms with van der Waals surface area (Å²) in [6.45, 7) is 1.72. The molecular weight excluding hydrogens is 247 g/mol. The second-order valence-electron chi connectivity index (χ2n) is 5.13. The first-order valence-electron chi connectivity index (χ1n) is 6.53. The molecule has 104 valence electrons. The Labute approximate surface area is 112 Å². The molecule has 1 heterocycles. The molecule has 19 heavy (non-hydrogen) atoms. The van der Waals surface area contributed by atoms with E-state index in [-0.39, 0.29) is 6.04 Å². The van der Waals surface area contributed by atoms with Gasteiger partial charge >= 0.3 is 5.97 Å². The fraction of sp³-hybridized carbons (Fsp3) is 0.571. The number of nitrogens with one attached hydrogen (secondary N) is 1. The quantitative estimate of drug-likeness (QED) is 0.848. The third-order valence-corrected chi connectivity index (χ3v) is 3.72. The topological polar surface area (TPSA) is 51.2 Å². The number of ether oxygens (including phenoxy) is 1. The van der Waals surface area contributed by atoms with E-state index >= 15 is 0 Å². The number of carbonyl (C=O) groups excluding carboxylic acids is 1. The lowest BCUT2D eigenvalue weighted by Gasteiger charge is -2.31. The minimum atomic E-state index is -1.06. The Kier molecular flexibility index (Phi) is 4.14. The fourth-order valence-electron chi connectivity index (χ4n) is 2.63. The van der Waals surface area contributed by atoms with E-state index in [1.807, 2.05) is 0 Å². The maximum atomic E-state index is 13.3. The normalized spacial score (nSPS) is 19.1. The molecule has 0 aromatic carbocycles. The van der Waals surface area contributed by atoms with Gasteiger partial charge in [-0.1, -0.05) is 12.8 Å². The van der Waals surface area contributed by atoms with Gasteiger partial charge in [0.1, 0.15) is 11.4 Å². The van der Waals surface area contributed by atoms with Crippen molar-refractivity contribution in [1.29, 1.82) is 0 Å². The molecule has 1 aliphatic carbocycles. The van der Waals surface area contributed by atoms with Crippen LogP contribution >= 0.6 is 0 Å². The van der Waals surface area contributed by atoms with E-state index < -0.39 is 17.3 Å². The molecule has 1 fully saturated rings. The van der Waals surface area contributed by atoms with Gasteiger partial charge in [-0.3, -0.25) is 10.3 Å². The van der Waals surface area contributed by atoms with E-state index in [1.54, 1.807) is 6.92 Å². The van der Waals surface area contributed by atoms with Gasteiger partial charge in [0.2, 0.25) is 0 Å². The summed E-state index contributed by atoms with van der Waals surface area (Å²) in [7, 11) is 1.34. The van der Waals surface area contributed by atoms with Crippen molar-refractivity contribution in [2.45, 2.75) is 44.2 Å². The molecule has 4 nitrogen and oxygen atoms in total. The monoisotopic (exact) mass is 266 g/mol. The third-order valence-electron chi connectivity index (χ3n) is 3.72. The molecule has 1 aliphatic rings. The molecule has 5 heteroatoms. The van der Waals surface area contributed by atoms with E-state index in [2.05, 4.69) is 10.3 Å². The van der Waals surface area contributed by atoms with Crippen LogP contribution in [0.1, 0.15) is 38.2 Å². The summed E-state index contributed by atoms with van der Waals surface area (Å²) in [5, 5.41) is 3.31. The Morgan fingerprint density at radius 3 is 2.74 bits per heavy atom. The summed E-state index contributed by atoms with van der Waals surface area (Å²) in [5.41, 5.74) is -0.565. The molecule has 1 unspecified atom stereocenters. The molecule has 0 saturated heterocycles. The largest absolute Gasteiger partial charge is 0.467 e. The van der Waals surface area contributed by atoms with Crippen LogP contribution in [0.15, 0.2) is 18.5 Å². The predicted molar refractivity (Wildman–Crippen MR) is 69.0 cm³/mol. The highest BCUT2D eigenvalue weighted by Gasteiger charge is 2.39. The van der Waals surface area contributed by atoms with Gasteiger partial charge < -0.3 is 4.74 Å². The highest BCUT2D eigenvalue weighted by Crippen LogP contribution is 2.27. The van der Waals surface area contributed by atoms with E-state index in [0.29, 0.717) is 5.56 Å². The average Bonchev–Trinajstić information content (AvgIpc) is 2.90. The summed E-state index contributed by atoms with van der Waals surface area (Å²) in [6, 6.07) is 1.58. The van der Waals surface area contributed by atoms with Gasteiger partial charge in [-0.2, -0.15) is 0 Å². The highest BCUT2D eigenvalue weighted by molar-refractivity contribution is 5.82. The second kappa shape index (κ2) is 5.65. The van der Waals surface area contributed by atoms with Crippen molar-refractivity contribution in [3.8, 4) is 0 Å². The van der Waals surface area contributed by atoms with Crippen LogP contribution in [0.5, 0.6) is 0 Å². The summed E-state index contributed by atoms with van der Waals surface area (Å²) in [6.07, 6.45) is 6.97. The van der Waals surface area contributed by atoms with Gasteiger partial charge in [0.05, 0.1) is 13.3 Å². The summed E-state index contributed by atoms with van der Waals surface area (Å²) in [4.78, 5) is 15.9. The van der Waals surface area contributed by atoms with Gasteiger partial charge in [-0.25, -0.2) is 9.18 Å². The molecule has 0 bridgehead atoms. The smallest absolute Gasteiger partial charge is 0.330 e. The minimum Gasteiger partial charge on any atom is -0.467 e. The molecule has 2 rings (SSSR count). The Morgan fingerprint density at radius 1 is 1.47 bits per heavy atom. The number of nitrogens with zero attached hydrogens (tertiary/aromatic N) is 1. The van der Waals surface area contributed by atoms with Crippen molar-refractivity contribution in [2.24, 2.45) is 0 Å². The van der Waals surface area contributed by atoms with Crippen LogP contribution in [0.25, 0.3) is 0 Å². The maximum Gasteiger partial charge on any atom is 0.330 e. The Morgan fingerprint density at radius 2 is 2.16 bits per heavy atom. The summed E-state index contributed by atoms with van der Waals surface area (Å²) >= 11 is 0. The third kappa shape index (κ3) is 2.92. The van der Waals surface area contributed by atoms with Crippen molar-refractivity contribution in [2.75, 3.05) is 7.11 Å². The van der Waals surface area contributed by atoms with Crippen LogP contribution in [0, 0.1) is 5.82 Å². The molecule has 1 aromatic heterocycles. The highest BCUT2D eigenvalue weighted by atomic mass is 19.1. The van der Waals surface area contributed by atoms with Crippen LogP contribution in [0.4, 0.5) is 4.39 Å². The maximum absolute atomic E-state index is 13.3. The first kappa shape index (κ1) is 13.9. The van der Waals surface area contributed by atoms with Crippen LogP contribution in [0.2, 0.25) is 0 Å². The van der Waals surface area contributed by atoms with E-state index in [9.17, 15) is 9.18 Å². The zero-order valence-corrected chi connectivity index (χ0v) is 11.3. The number of carbonyl (C=O) groups is 1. The number of halogens is 1. The molecule has 1 saturated carbocycles. The van der Waals surface area contributed by atoms with E-state index in [0.717, 1.165) is 31.9 Å². The van der Waals surface area contributed by atoms with Crippen molar-refractivity contribution in [3.63, 3.8) is 0 Å². The van der Waals surface area contributed by atoms with Gasteiger partial charge in [0, 0.05) is 17.8 Å². The van der Waals surface area contributed by atoms with Crippen molar-refractivity contribution < 1.29 is 13.9 Å². The standard InChI is InChI=1S/C14H19FN2O2/c1-14(13(18)19-2,17-12-5-3-4-6-12)10-7-11(15)9-16-8-10/h7-9,12,17H,3-6H2,1-2H3. The second-order valence-corrected chi connectivity index (χ2v) is 5.13. The van der Waals surface area contributed by atoms with Gasteiger partial charge in [-0.05, 0) is 25.8 Å². The summed E-state index contributed by atoms with van der Waals surface area (Å²) < 4.78 is 18.2. The molecule has 1 N–H and O–H groups in total. The number of pyridine rings is 1. The minimum absolute atomic E-state index is 0.257. The molecule has 0 spiro atoms. The lowest BCUT2D eigenvalue weighted by Crippen LogP contribution is -2.51. The Hall–Kier alpha value is -1.49. The SMILES string of the molecule is COC(=O)C(C)(NC1CCCC1)c1cncc(F)c1. The van der Waals surface area contributed by atoms with Crippen molar-refractivity contribution >= 4 is 5.97 Å². The molecular formula is C14H19FN2O2. The first-order chi connectivity index (χ1) is 9.06. The number of methoxy groups -OCH3 is 1. The lowest BCUT2D eigenvalue weighted by atomic mass is 9.92. The number of rotatable bonds is 4. The lowest BCUT2D eigenvalue weighted by molar-refractivity contribution is -0.148. The number of hydrogen-bond donors (Lipinski definition) is 1. The van der Waals surface area contributed by atoms with E-state index in [4.69, 9.17) is 4.74 Å². The van der Waals surface area contributed by atoms with Crippen LogP contribution in [-0.2, 0) is 15.1 Å². The van der Waals surface area contributed by atoms with Crippen LogP contribution < -0.4 is 5.32 Å². The van der Waals surface area contributed by atoms with Gasteiger partial charge in [-0.15, -0.1) is 0 Å². The Balaban J connectivity index is 2.30. The van der Waals surface area contributed by atoms with Crippen molar-refractivity contribution in [1.82, 2.24) is 10.3 Å². The molecule has 0 aliphatic heterocycles. The van der Waals surface area contributed by atoms with Gasteiger partial charge in [0.15, 0.2) is 0 Å². The fourth-order valence-corrected chi connectivity index (χ4v) is 2.63. The molecule has 0 radical (unpaired) electrons. The van der Waals surface area contributed by atoms with Gasteiger partial charge in [0.25, 0.3) is 0 Å². The summed E-state index contributed by atoms with van der Waals surface area (Å²) in [5.74, 6) is -0.882. The van der Waals surface area contributed by atoms with Crippen LogP contribution in [-0.4, -0.2) is 24.1 Å². The number of aromatic nitrogens is 1. The predicted octanol–water partition coefficient (Wildman–Crippen LogP) is 2.14. The molecule has 0 amide bonds. The zero-order chi connectivity index (χ0) is 13.9. The Bertz CT molecular complexity index is 461. The molecule has 1 atom stereocenters. The molecule has 1 aromatic rings. The average molecular weight is 266 g/mol. The van der Waals surface area contributed by atoms with E-state index in [1.165, 1.54) is 19.4 Å². The zero-order valence-electron chi connectivity index (χ0n) is 11.3. The number of hydrogen-bond acceptors (Lipinski definition) is 4. The van der Waals surface area contributed by atoms with Crippen molar-refractivity contribution in [3.05, 3.63) is 29.8 Å².